The number of benzene rings is 2. The molecule has 1 unspecified atom stereocenters. The minimum Gasteiger partial charge on any atom is -0.481 e. The number of hydrogen-bond donors (Lipinski definition) is 1. The lowest BCUT2D eigenvalue weighted by Crippen LogP contribution is -2.38. The summed E-state index contributed by atoms with van der Waals surface area (Å²) < 4.78 is 0. The van der Waals surface area contributed by atoms with E-state index in [4.69, 9.17) is 0 Å². The molecular weight excluding hydrogens is 378 g/mol. The molecule has 2 aromatic carbocycles. The van der Waals surface area contributed by atoms with Crippen LogP contribution in [0, 0.1) is 11.8 Å². The molecule has 1 fully saturated rings. The zero-order chi connectivity index (χ0) is 20.2. The van der Waals surface area contributed by atoms with Gasteiger partial charge in [-0.1, -0.05) is 61.2 Å². The van der Waals surface area contributed by atoms with Gasteiger partial charge in [0.1, 0.15) is 0 Å². The highest BCUT2D eigenvalue weighted by Crippen LogP contribution is 2.45. The summed E-state index contributed by atoms with van der Waals surface area (Å²) in [5.41, 5.74) is 4.02. The van der Waals surface area contributed by atoms with Crippen molar-refractivity contribution < 1.29 is 9.90 Å². The monoisotopic (exact) mass is 407 g/mol. The Bertz CT molecular complexity index is 852. The Labute approximate surface area is 177 Å². The topological polar surface area (TPSA) is 40.5 Å². The maximum absolute atomic E-state index is 11.4. The average molecular weight is 408 g/mol. The predicted molar refractivity (Wildman–Crippen MR) is 119 cm³/mol. The van der Waals surface area contributed by atoms with E-state index in [1.165, 1.54) is 26.5 Å². The molecule has 0 bridgehead atoms. The lowest BCUT2D eigenvalue weighted by atomic mass is 9.83. The number of piperidine rings is 1. The smallest absolute Gasteiger partial charge is 0.306 e. The zero-order valence-electron chi connectivity index (χ0n) is 17.0. The molecule has 2 aliphatic rings. The van der Waals surface area contributed by atoms with Gasteiger partial charge in [0, 0.05) is 16.3 Å². The quantitative estimate of drug-likeness (QED) is 0.561. The van der Waals surface area contributed by atoms with Crippen LogP contribution in [0.4, 0.5) is 0 Å². The second-order valence-corrected chi connectivity index (χ2v) is 9.12. The Kier molecular flexibility index (Phi) is 6.41. The second kappa shape index (κ2) is 9.19. The fraction of sp³-hybridized carbons (Fsp3) is 0.400. The van der Waals surface area contributed by atoms with Gasteiger partial charge in [0.15, 0.2) is 0 Å². The number of carboxylic acids is 1. The Balaban J connectivity index is 1.41. The predicted octanol–water partition coefficient (Wildman–Crippen LogP) is 5.80. The molecule has 29 heavy (non-hydrogen) atoms. The largest absolute Gasteiger partial charge is 0.481 e. The van der Waals surface area contributed by atoms with Gasteiger partial charge in [-0.3, -0.25) is 4.79 Å². The van der Waals surface area contributed by atoms with E-state index in [0.717, 1.165) is 45.3 Å². The number of nitrogens with zero attached hydrogens (tertiary/aromatic N) is 1. The van der Waals surface area contributed by atoms with E-state index >= 15 is 0 Å². The number of likely N-dealkylation sites (tertiary alicyclic amines) is 1. The fourth-order valence-corrected chi connectivity index (χ4v) is 5.83. The van der Waals surface area contributed by atoms with Crippen molar-refractivity contribution in [2.24, 2.45) is 11.8 Å². The molecule has 4 rings (SSSR count). The summed E-state index contributed by atoms with van der Waals surface area (Å²) >= 11 is 1.86. The molecule has 152 valence electrons. The van der Waals surface area contributed by atoms with E-state index < -0.39 is 5.97 Å². The van der Waals surface area contributed by atoms with E-state index in [0.29, 0.717) is 5.92 Å². The molecule has 1 atom stereocenters. The van der Waals surface area contributed by atoms with Crippen LogP contribution in [0.3, 0.4) is 0 Å². The Morgan fingerprint density at radius 1 is 1.10 bits per heavy atom. The standard InChI is InChI=1S/C25H29NO2S/c1-2-19(25(27)28)18-13-16-26(17-14-18)15-7-10-20-21-8-3-5-11-23(21)29-24-12-6-4-9-22(20)24/h3-6,8-12,18-19H,2,7,13-17H2,1H3,(H,27,28). The number of rotatable bonds is 6. The van der Waals surface area contributed by atoms with E-state index in [-0.39, 0.29) is 5.92 Å². The summed E-state index contributed by atoms with van der Waals surface area (Å²) in [7, 11) is 0. The van der Waals surface area contributed by atoms with Crippen LogP contribution in [0.15, 0.2) is 64.4 Å². The number of hydrogen-bond acceptors (Lipinski definition) is 3. The molecule has 0 amide bonds. The molecule has 2 aliphatic heterocycles. The van der Waals surface area contributed by atoms with Crippen LogP contribution in [0.5, 0.6) is 0 Å². The van der Waals surface area contributed by atoms with Crippen LogP contribution in [0.2, 0.25) is 0 Å². The maximum atomic E-state index is 11.4. The van der Waals surface area contributed by atoms with Crippen LogP contribution in [0.1, 0.15) is 43.7 Å². The van der Waals surface area contributed by atoms with Gasteiger partial charge >= 0.3 is 5.97 Å². The van der Waals surface area contributed by atoms with E-state index in [2.05, 4.69) is 59.5 Å². The highest BCUT2D eigenvalue weighted by Gasteiger charge is 2.29. The molecule has 0 aliphatic carbocycles. The number of carboxylic acid groups (broad SMARTS) is 1. The van der Waals surface area contributed by atoms with Crippen LogP contribution in [0.25, 0.3) is 5.57 Å². The molecule has 0 spiro atoms. The lowest BCUT2D eigenvalue weighted by molar-refractivity contribution is -0.144. The highest BCUT2D eigenvalue weighted by atomic mass is 32.2. The van der Waals surface area contributed by atoms with Crippen molar-refractivity contribution in [2.45, 2.75) is 42.4 Å². The van der Waals surface area contributed by atoms with Crippen molar-refractivity contribution in [1.82, 2.24) is 4.90 Å². The number of fused-ring (bicyclic) bond motifs is 2. The van der Waals surface area contributed by atoms with Gasteiger partial charge in [0.2, 0.25) is 0 Å². The minimum atomic E-state index is -0.622. The Hall–Kier alpha value is -2.04. The Morgan fingerprint density at radius 2 is 1.69 bits per heavy atom. The molecule has 4 heteroatoms. The number of aliphatic carboxylic acids is 1. The first-order chi connectivity index (χ1) is 14.2. The van der Waals surface area contributed by atoms with Crippen molar-refractivity contribution in [1.29, 1.82) is 0 Å². The molecule has 0 aromatic heterocycles. The molecule has 0 saturated carbocycles. The van der Waals surface area contributed by atoms with Crippen LogP contribution >= 0.6 is 11.8 Å². The van der Waals surface area contributed by atoms with Crippen molar-refractivity contribution in [3.8, 4) is 0 Å². The normalized spacial score (nSPS) is 18.0. The zero-order valence-corrected chi connectivity index (χ0v) is 17.8. The molecule has 2 aromatic rings. The van der Waals surface area contributed by atoms with Crippen molar-refractivity contribution in [3.05, 3.63) is 65.7 Å². The summed E-state index contributed by atoms with van der Waals surface area (Å²) in [6, 6.07) is 17.3. The third kappa shape index (κ3) is 4.44. The maximum Gasteiger partial charge on any atom is 0.306 e. The van der Waals surface area contributed by atoms with Gasteiger partial charge in [0.25, 0.3) is 0 Å². The third-order valence-corrected chi connectivity index (χ3v) is 7.48. The van der Waals surface area contributed by atoms with Gasteiger partial charge in [-0.05, 0) is 73.5 Å². The second-order valence-electron chi connectivity index (χ2n) is 8.03. The van der Waals surface area contributed by atoms with Crippen molar-refractivity contribution in [2.75, 3.05) is 19.6 Å². The molecular formula is C25H29NO2S. The van der Waals surface area contributed by atoms with Gasteiger partial charge in [-0.15, -0.1) is 0 Å². The van der Waals surface area contributed by atoms with Crippen LogP contribution in [-0.2, 0) is 4.79 Å². The summed E-state index contributed by atoms with van der Waals surface area (Å²) in [5.74, 6) is -0.462. The van der Waals surface area contributed by atoms with Crippen LogP contribution < -0.4 is 0 Å². The minimum absolute atomic E-state index is 0.174. The first-order valence-electron chi connectivity index (χ1n) is 10.7. The summed E-state index contributed by atoms with van der Waals surface area (Å²) in [6.07, 6.45) is 6.16. The summed E-state index contributed by atoms with van der Waals surface area (Å²) in [6.45, 7) is 5.06. The first-order valence-corrected chi connectivity index (χ1v) is 11.5. The van der Waals surface area contributed by atoms with Gasteiger partial charge in [0.05, 0.1) is 5.92 Å². The van der Waals surface area contributed by atoms with Crippen molar-refractivity contribution >= 4 is 23.3 Å². The average Bonchev–Trinajstić information content (AvgIpc) is 2.74. The van der Waals surface area contributed by atoms with Crippen LogP contribution in [-0.4, -0.2) is 35.6 Å². The van der Waals surface area contributed by atoms with Gasteiger partial charge < -0.3 is 10.0 Å². The van der Waals surface area contributed by atoms with Gasteiger partial charge in [-0.25, -0.2) is 0 Å². The molecule has 3 nitrogen and oxygen atoms in total. The van der Waals surface area contributed by atoms with E-state index in [1.807, 2.05) is 18.7 Å². The highest BCUT2D eigenvalue weighted by molar-refractivity contribution is 7.99. The van der Waals surface area contributed by atoms with E-state index in [9.17, 15) is 9.90 Å². The number of carbonyl (C=O) groups is 1. The third-order valence-electron chi connectivity index (χ3n) is 6.33. The fourth-order valence-electron chi connectivity index (χ4n) is 4.72. The summed E-state index contributed by atoms with van der Waals surface area (Å²) in [5, 5.41) is 9.41. The van der Waals surface area contributed by atoms with Gasteiger partial charge in [-0.2, -0.15) is 0 Å². The molecule has 1 saturated heterocycles. The molecule has 1 N–H and O–H groups in total. The first kappa shape index (κ1) is 20.2. The summed E-state index contributed by atoms with van der Waals surface area (Å²) in [4.78, 5) is 16.6. The SMILES string of the molecule is CCC(C(=O)O)C1CCN(CCC=C2c3ccccc3Sc3ccccc32)CC1. The van der Waals surface area contributed by atoms with Crippen molar-refractivity contribution in [3.63, 3.8) is 0 Å². The molecule has 2 heterocycles. The Morgan fingerprint density at radius 3 is 2.24 bits per heavy atom. The van der Waals surface area contributed by atoms with E-state index in [1.54, 1.807) is 0 Å². The molecule has 0 radical (unpaired) electrons. The lowest BCUT2D eigenvalue weighted by Gasteiger charge is -2.34.